The van der Waals surface area contributed by atoms with Crippen LogP contribution in [0.4, 0.5) is 5.69 Å². The maximum Gasteiger partial charge on any atom is 0.264 e. The molecule has 1 N–H and O–H groups in total. The highest BCUT2D eigenvalue weighted by Crippen LogP contribution is 2.28. The van der Waals surface area contributed by atoms with Gasteiger partial charge in [-0.3, -0.25) is 13.9 Å². The van der Waals surface area contributed by atoms with Crippen molar-refractivity contribution in [3.63, 3.8) is 0 Å². The molecule has 3 aromatic carbocycles. The third-order valence-electron chi connectivity index (χ3n) is 6.61. The molecule has 0 fully saturated rings. The largest absolute Gasteiger partial charge is 0.354 e. The molecule has 0 saturated heterocycles. The van der Waals surface area contributed by atoms with E-state index in [9.17, 15) is 18.0 Å². The van der Waals surface area contributed by atoms with Gasteiger partial charge < -0.3 is 10.2 Å². The van der Waals surface area contributed by atoms with Crippen LogP contribution in [-0.2, 0) is 26.2 Å². The van der Waals surface area contributed by atoms with Crippen molar-refractivity contribution in [2.24, 2.45) is 5.92 Å². The fourth-order valence-electron chi connectivity index (χ4n) is 4.32. The van der Waals surface area contributed by atoms with E-state index in [1.165, 1.54) is 29.2 Å². The third-order valence-corrected chi connectivity index (χ3v) is 8.63. The van der Waals surface area contributed by atoms with E-state index in [2.05, 4.69) is 5.32 Å². The van der Waals surface area contributed by atoms with Crippen molar-refractivity contribution in [3.05, 3.63) is 94.5 Å². The number of hydrogen-bond donors (Lipinski definition) is 1. The van der Waals surface area contributed by atoms with Gasteiger partial charge in [0.15, 0.2) is 0 Å². The van der Waals surface area contributed by atoms with Crippen molar-refractivity contribution >= 4 is 39.1 Å². The van der Waals surface area contributed by atoms with Crippen LogP contribution in [0.15, 0.2) is 77.7 Å². The summed E-state index contributed by atoms with van der Waals surface area (Å²) < 4.78 is 29.0. The number of amides is 2. The zero-order valence-corrected chi connectivity index (χ0v) is 25.3. The van der Waals surface area contributed by atoms with Crippen molar-refractivity contribution in [3.8, 4) is 0 Å². The molecule has 0 bridgehead atoms. The van der Waals surface area contributed by atoms with Crippen LogP contribution in [0.5, 0.6) is 0 Å². The first-order valence-electron chi connectivity index (χ1n) is 13.4. The summed E-state index contributed by atoms with van der Waals surface area (Å²) in [6.45, 7) is 9.77. The quantitative estimate of drug-likeness (QED) is 0.295. The topological polar surface area (TPSA) is 86.8 Å². The van der Waals surface area contributed by atoms with E-state index in [0.29, 0.717) is 29.2 Å². The first-order valence-corrected chi connectivity index (χ1v) is 15.2. The summed E-state index contributed by atoms with van der Waals surface area (Å²) in [6, 6.07) is 19.8. The predicted octanol–water partition coefficient (Wildman–Crippen LogP) is 5.73. The SMILES string of the molecule is CC[C@H](C(=O)NCC(C)C)N(Cc1ccc(C)cc1)C(=O)CN(c1ccccc1C)S(=O)(=O)c1ccc(Cl)cc1. The van der Waals surface area contributed by atoms with E-state index in [-0.39, 0.29) is 23.3 Å². The van der Waals surface area contributed by atoms with E-state index in [4.69, 9.17) is 11.6 Å². The molecular weight excluding hydrogens is 546 g/mol. The second-order valence-electron chi connectivity index (χ2n) is 10.3. The molecule has 0 aliphatic heterocycles. The number of carbonyl (C=O) groups excluding carboxylic acids is 2. The lowest BCUT2D eigenvalue weighted by Crippen LogP contribution is -2.52. The number of nitrogens with zero attached hydrogens (tertiary/aromatic N) is 2. The van der Waals surface area contributed by atoms with Crippen molar-refractivity contribution < 1.29 is 18.0 Å². The molecule has 0 unspecified atom stereocenters. The molecule has 1 atom stereocenters. The molecule has 0 spiro atoms. The Morgan fingerprint density at radius 2 is 1.55 bits per heavy atom. The molecule has 0 aromatic heterocycles. The van der Waals surface area contributed by atoms with Crippen LogP contribution in [0.3, 0.4) is 0 Å². The molecule has 3 aromatic rings. The van der Waals surface area contributed by atoms with Gasteiger partial charge in [-0.15, -0.1) is 0 Å². The minimum Gasteiger partial charge on any atom is -0.354 e. The van der Waals surface area contributed by atoms with Gasteiger partial charge in [-0.2, -0.15) is 0 Å². The number of benzene rings is 3. The third kappa shape index (κ3) is 7.86. The maximum absolute atomic E-state index is 14.1. The van der Waals surface area contributed by atoms with Gasteiger partial charge in [0.1, 0.15) is 12.6 Å². The lowest BCUT2D eigenvalue weighted by Gasteiger charge is -2.33. The number of sulfonamides is 1. The number of aryl methyl sites for hydroxylation is 2. The van der Waals surface area contributed by atoms with E-state index >= 15 is 0 Å². The van der Waals surface area contributed by atoms with Gasteiger partial charge in [0.2, 0.25) is 11.8 Å². The Bertz CT molecular complexity index is 1410. The lowest BCUT2D eigenvalue weighted by atomic mass is 10.1. The summed E-state index contributed by atoms with van der Waals surface area (Å²) in [6.07, 6.45) is 0.371. The van der Waals surface area contributed by atoms with Crippen LogP contribution in [0.2, 0.25) is 5.02 Å². The standard InChI is InChI=1S/C31H38ClN3O4S/c1-6-28(31(37)33-19-22(2)3)34(20-25-13-11-23(4)12-14-25)30(36)21-35(29-10-8-7-9-24(29)5)40(38,39)27-17-15-26(32)16-18-27/h7-18,22,28H,6,19-21H2,1-5H3,(H,33,37)/t28-/m1/s1. The molecule has 214 valence electrons. The Kier molecular flexibility index (Phi) is 10.8. The number of hydrogen-bond acceptors (Lipinski definition) is 4. The molecule has 0 aliphatic rings. The highest BCUT2D eigenvalue weighted by molar-refractivity contribution is 7.92. The lowest BCUT2D eigenvalue weighted by molar-refractivity contribution is -0.140. The van der Waals surface area contributed by atoms with E-state index in [1.54, 1.807) is 25.1 Å². The molecule has 40 heavy (non-hydrogen) atoms. The van der Waals surface area contributed by atoms with Gasteiger partial charge >= 0.3 is 0 Å². The average Bonchev–Trinajstić information content (AvgIpc) is 2.92. The van der Waals surface area contributed by atoms with E-state index in [0.717, 1.165) is 15.4 Å². The zero-order valence-electron chi connectivity index (χ0n) is 23.7. The van der Waals surface area contributed by atoms with Gasteiger partial charge in [0, 0.05) is 18.1 Å². The Morgan fingerprint density at radius 1 is 0.925 bits per heavy atom. The zero-order chi connectivity index (χ0) is 29.4. The molecule has 0 aliphatic carbocycles. The Labute approximate surface area is 243 Å². The summed E-state index contributed by atoms with van der Waals surface area (Å²) in [7, 11) is -4.15. The van der Waals surface area contributed by atoms with Crippen molar-refractivity contribution in [2.45, 2.75) is 58.5 Å². The highest BCUT2D eigenvalue weighted by atomic mass is 35.5. The summed E-state index contributed by atoms with van der Waals surface area (Å²) in [5, 5.41) is 3.34. The Balaban J connectivity index is 2.05. The molecule has 0 radical (unpaired) electrons. The van der Waals surface area contributed by atoms with Crippen LogP contribution in [-0.4, -0.2) is 44.3 Å². The van der Waals surface area contributed by atoms with Gasteiger partial charge in [0.25, 0.3) is 10.0 Å². The summed E-state index contributed by atoms with van der Waals surface area (Å²) in [4.78, 5) is 28.9. The highest BCUT2D eigenvalue weighted by Gasteiger charge is 2.34. The molecule has 2 amide bonds. The number of carbonyl (C=O) groups is 2. The van der Waals surface area contributed by atoms with Crippen LogP contribution < -0.4 is 9.62 Å². The summed E-state index contributed by atoms with van der Waals surface area (Å²) in [5.74, 6) is -0.503. The molecule has 9 heteroatoms. The van der Waals surface area contributed by atoms with Gasteiger partial charge in [-0.25, -0.2) is 8.42 Å². The van der Waals surface area contributed by atoms with Crippen LogP contribution in [0, 0.1) is 19.8 Å². The maximum atomic E-state index is 14.1. The van der Waals surface area contributed by atoms with Crippen molar-refractivity contribution in [2.75, 3.05) is 17.4 Å². The minimum absolute atomic E-state index is 0.0137. The van der Waals surface area contributed by atoms with Crippen molar-refractivity contribution in [1.82, 2.24) is 10.2 Å². The number of rotatable bonds is 12. The molecule has 0 heterocycles. The van der Waals surface area contributed by atoms with E-state index in [1.807, 2.05) is 58.0 Å². The second kappa shape index (κ2) is 13.8. The normalized spacial score (nSPS) is 12.2. The monoisotopic (exact) mass is 583 g/mol. The van der Waals surface area contributed by atoms with Crippen molar-refractivity contribution in [1.29, 1.82) is 0 Å². The van der Waals surface area contributed by atoms with Crippen LogP contribution in [0.25, 0.3) is 0 Å². The fraction of sp³-hybridized carbons (Fsp3) is 0.355. The average molecular weight is 584 g/mol. The number of para-hydroxylation sites is 1. The molecule has 3 rings (SSSR count). The molecule has 7 nitrogen and oxygen atoms in total. The fourth-order valence-corrected chi connectivity index (χ4v) is 5.93. The molecule has 0 saturated carbocycles. The Morgan fingerprint density at radius 3 is 2.12 bits per heavy atom. The Hall–Kier alpha value is -3.36. The smallest absolute Gasteiger partial charge is 0.264 e. The summed E-state index contributed by atoms with van der Waals surface area (Å²) >= 11 is 6.01. The van der Waals surface area contributed by atoms with Crippen LogP contribution in [0.1, 0.15) is 43.9 Å². The number of nitrogens with one attached hydrogen (secondary N) is 1. The minimum atomic E-state index is -4.15. The van der Waals surface area contributed by atoms with Gasteiger partial charge in [0.05, 0.1) is 10.6 Å². The molecular formula is C31H38ClN3O4S. The van der Waals surface area contributed by atoms with Gasteiger partial charge in [-0.05, 0) is 67.6 Å². The predicted molar refractivity (Wildman–Crippen MR) is 161 cm³/mol. The van der Waals surface area contributed by atoms with Gasteiger partial charge in [-0.1, -0.05) is 80.4 Å². The first kappa shape index (κ1) is 31.2. The summed E-state index contributed by atoms with van der Waals surface area (Å²) in [5.41, 5.74) is 3.00. The second-order valence-corrected chi connectivity index (χ2v) is 12.6. The number of anilines is 1. The first-order chi connectivity index (χ1) is 18.9. The van der Waals surface area contributed by atoms with E-state index < -0.39 is 28.5 Å². The number of halogens is 1. The van der Waals surface area contributed by atoms with Crippen LogP contribution >= 0.6 is 11.6 Å².